The normalized spacial score (nSPS) is 16.4. The number of aliphatic imine (C=N–C) groups is 1. The van der Waals surface area contributed by atoms with E-state index in [1.165, 1.54) is 12.8 Å². The lowest BCUT2D eigenvalue weighted by molar-refractivity contribution is -0.128. The highest BCUT2D eigenvalue weighted by Crippen LogP contribution is 2.25. The number of furan rings is 1. The second-order valence-corrected chi connectivity index (χ2v) is 7.93. The number of carbonyl (C=O) groups is 1. The van der Waals surface area contributed by atoms with Crippen molar-refractivity contribution in [1.29, 1.82) is 0 Å². The molecule has 1 aliphatic rings. The number of halogens is 1. The van der Waals surface area contributed by atoms with E-state index in [1.807, 2.05) is 39.8 Å². The van der Waals surface area contributed by atoms with E-state index < -0.39 is 0 Å². The van der Waals surface area contributed by atoms with Crippen molar-refractivity contribution in [3.8, 4) is 0 Å². The molecular formula is C20H36IN5O2. The summed E-state index contributed by atoms with van der Waals surface area (Å²) in [7, 11) is 0. The number of rotatable bonds is 8. The first-order valence-corrected chi connectivity index (χ1v) is 9.99. The fourth-order valence-electron chi connectivity index (χ4n) is 3.06. The van der Waals surface area contributed by atoms with Crippen molar-refractivity contribution >= 4 is 35.8 Å². The lowest BCUT2D eigenvalue weighted by atomic mass is 9.96. The van der Waals surface area contributed by atoms with Crippen molar-refractivity contribution in [2.45, 2.75) is 46.6 Å². The molecule has 28 heavy (non-hydrogen) atoms. The van der Waals surface area contributed by atoms with E-state index in [0.29, 0.717) is 19.6 Å². The minimum Gasteiger partial charge on any atom is -0.468 e. The summed E-state index contributed by atoms with van der Waals surface area (Å²) in [5, 5.41) is 9.51. The summed E-state index contributed by atoms with van der Waals surface area (Å²) in [6.07, 6.45) is 4.18. The highest BCUT2D eigenvalue weighted by molar-refractivity contribution is 14.0. The van der Waals surface area contributed by atoms with Crippen LogP contribution in [-0.4, -0.2) is 56.0 Å². The third kappa shape index (κ3) is 7.98. The molecule has 1 aromatic rings. The van der Waals surface area contributed by atoms with Gasteiger partial charge in [0.25, 0.3) is 0 Å². The number of nitrogens with zero attached hydrogens (tertiary/aromatic N) is 2. The molecule has 2 heterocycles. The van der Waals surface area contributed by atoms with Gasteiger partial charge in [-0.1, -0.05) is 20.8 Å². The predicted octanol–water partition coefficient (Wildman–Crippen LogP) is 2.75. The molecule has 0 aliphatic carbocycles. The Kier molecular flexibility index (Phi) is 10.9. The minimum absolute atomic E-state index is 0. The highest BCUT2D eigenvalue weighted by atomic mass is 127. The SMILES string of the molecule is CCNC(=NCC(c1ccco1)N1CCCC1)NCCNC(=O)C(C)(C)C.I. The Bertz CT molecular complexity index is 592. The zero-order valence-electron chi connectivity index (χ0n) is 17.6. The first-order valence-electron chi connectivity index (χ1n) is 9.99. The Hall–Kier alpha value is -1.29. The van der Waals surface area contributed by atoms with E-state index in [0.717, 1.165) is 31.4 Å². The summed E-state index contributed by atoms with van der Waals surface area (Å²) >= 11 is 0. The summed E-state index contributed by atoms with van der Waals surface area (Å²) in [5.41, 5.74) is -0.370. The van der Waals surface area contributed by atoms with Crippen LogP contribution in [0.3, 0.4) is 0 Å². The maximum Gasteiger partial charge on any atom is 0.225 e. The zero-order valence-corrected chi connectivity index (χ0v) is 19.9. The van der Waals surface area contributed by atoms with Crippen molar-refractivity contribution in [3.05, 3.63) is 24.2 Å². The first kappa shape index (κ1) is 24.7. The standard InChI is InChI=1S/C20H35N5O2.HI/c1-5-21-19(23-11-10-22-18(26)20(2,3)4)24-15-16(17-9-8-14-27-17)25-12-6-7-13-25;/h8-9,14,16H,5-7,10-13,15H2,1-4H3,(H,22,26)(H2,21,23,24);1H. The van der Waals surface area contributed by atoms with Crippen LogP contribution in [0.1, 0.15) is 52.3 Å². The summed E-state index contributed by atoms with van der Waals surface area (Å²) < 4.78 is 5.66. The first-order chi connectivity index (χ1) is 12.9. The fourth-order valence-corrected chi connectivity index (χ4v) is 3.06. The highest BCUT2D eigenvalue weighted by Gasteiger charge is 2.25. The van der Waals surface area contributed by atoms with Crippen LogP contribution in [0.25, 0.3) is 0 Å². The van der Waals surface area contributed by atoms with Gasteiger partial charge in [-0.05, 0) is 45.0 Å². The molecule has 1 atom stereocenters. The number of nitrogens with one attached hydrogen (secondary N) is 3. The van der Waals surface area contributed by atoms with Gasteiger partial charge in [0.1, 0.15) is 5.76 Å². The van der Waals surface area contributed by atoms with E-state index in [4.69, 9.17) is 9.41 Å². The third-order valence-electron chi connectivity index (χ3n) is 4.60. The molecule has 0 spiro atoms. The Morgan fingerprint density at radius 3 is 2.46 bits per heavy atom. The zero-order chi connectivity index (χ0) is 19.7. The Labute approximate surface area is 186 Å². The van der Waals surface area contributed by atoms with E-state index in [1.54, 1.807) is 6.26 Å². The fraction of sp³-hybridized carbons (Fsp3) is 0.700. The molecule has 7 nitrogen and oxygen atoms in total. The van der Waals surface area contributed by atoms with Crippen LogP contribution >= 0.6 is 24.0 Å². The molecule has 160 valence electrons. The van der Waals surface area contributed by atoms with Gasteiger partial charge >= 0.3 is 0 Å². The monoisotopic (exact) mass is 505 g/mol. The van der Waals surface area contributed by atoms with Gasteiger partial charge in [-0.2, -0.15) is 0 Å². The van der Waals surface area contributed by atoms with Crippen LogP contribution in [-0.2, 0) is 4.79 Å². The maximum absolute atomic E-state index is 11.9. The van der Waals surface area contributed by atoms with E-state index >= 15 is 0 Å². The second-order valence-electron chi connectivity index (χ2n) is 7.93. The molecule has 0 bridgehead atoms. The number of hydrogen-bond donors (Lipinski definition) is 3. The lowest BCUT2D eigenvalue weighted by Gasteiger charge is -2.24. The molecular weight excluding hydrogens is 469 g/mol. The van der Waals surface area contributed by atoms with Crippen LogP contribution in [0.15, 0.2) is 27.8 Å². The molecule has 1 aliphatic heterocycles. The van der Waals surface area contributed by atoms with Gasteiger partial charge in [0.2, 0.25) is 5.91 Å². The topological polar surface area (TPSA) is 81.9 Å². The van der Waals surface area contributed by atoms with Crippen molar-refractivity contribution in [2.75, 3.05) is 39.3 Å². The number of guanidine groups is 1. The molecule has 3 N–H and O–H groups in total. The molecule has 8 heteroatoms. The molecule has 0 radical (unpaired) electrons. The van der Waals surface area contributed by atoms with Gasteiger partial charge in [0.15, 0.2) is 5.96 Å². The van der Waals surface area contributed by atoms with E-state index in [-0.39, 0.29) is 41.3 Å². The van der Waals surface area contributed by atoms with Crippen LogP contribution in [0, 0.1) is 5.41 Å². The number of amides is 1. The Morgan fingerprint density at radius 2 is 1.89 bits per heavy atom. The molecule has 1 fully saturated rings. The van der Waals surface area contributed by atoms with Crippen LogP contribution in [0.4, 0.5) is 0 Å². The van der Waals surface area contributed by atoms with Crippen molar-refractivity contribution in [2.24, 2.45) is 10.4 Å². The summed E-state index contributed by atoms with van der Waals surface area (Å²) in [4.78, 5) is 19.1. The maximum atomic E-state index is 11.9. The van der Waals surface area contributed by atoms with Crippen molar-refractivity contribution in [3.63, 3.8) is 0 Å². The largest absolute Gasteiger partial charge is 0.468 e. The van der Waals surface area contributed by atoms with Crippen molar-refractivity contribution in [1.82, 2.24) is 20.9 Å². The number of hydrogen-bond acceptors (Lipinski definition) is 4. The van der Waals surface area contributed by atoms with Gasteiger partial charge in [0, 0.05) is 25.0 Å². The average Bonchev–Trinajstić information content (AvgIpc) is 3.32. The minimum atomic E-state index is -0.370. The van der Waals surface area contributed by atoms with Gasteiger partial charge in [-0.25, -0.2) is 0 Å². The molecule has 0 saturated carbocycles. The van der Waals surface area contributed by atoms with Crippen molar-refractivity contribution < 1.29 is 9.21 Å². The smallest absolute Gasteiger partial charge is 0.225 e. The third-order valence-corrected chi connectivity index (χ3v) is 4.60. The van der Waals surface area contributed by atoms with Crippen LogP contribution < -0.4 is 16.0 Å². The van der Waals surface area contributed by atoms with Crippen LogP contribution in [0.2, 0.25) is 0 Å². The summed E-state index contributed by atoms with van der Waals surface area (Å²) in [6.45, 7) is 12.6. The number of likely N-dealkylation sites (tertiary alicyclic amines) is 1. The molecule has 1 aromatic heterocycles. The van der Waals surface area contributed by atoms with E-state index in [2.05, 4.69) is 20.9 Å². The summed E-state index contributed by atoms with van der Waals surface area (Å²) in [6, 6.07) is 4.13. The molecule has 1 saturated heterocycles. The van der Waals surface area contributed by atoms with Gasteiger partial charge < -0.3 is 20.4 Å². The second kappa shape index (κ2) is 12.3. The van der Waals surface area contributed by atoms with Crippen LogP contribution in [0.5, 0.6) is 0 Å². The molecule has 0 aromatic carbocycles. The predicted molar refractivity (Wildman–Crippen MR) is 124 cm³/mol. The number of carbonyl (C=O) groups excluding carboxylic acids is 1. The van der Waals surface area contributed by atoms with E-state index in [9.17, 15) is 4.79 Å². The molecule has 1 amide bonds. The Morgan fingerprint density at radius 1 is 1.21 bits per heavy atom. The quantitative estimate of drug-likeness (QED) is 0.219. The molecule has 1 unspecified atom stereocenters. The summed E-state index contributed by atoms with van der Waals surface area (Å²) in [5.74, 6) is 1.78. The van der Waals surface area contributed by atoms with Gasteiger partial charge in [0.05, 0.1) is 18.8 Å². The average molecular weight is 505 g/mol. The Balaban J connectivity index is 0.00000392. The van der Waals surface area contributed by atoms with Gasteiger partial charge in [-0.15, -0.1) is 24.0 Å². The lowest BCUT2D eigenvalue weighted by Crippen LogP contribution is -2.43. The molecule has 2 rings (SSSR count). The van der Waals surface area contributed by atoms with Gasteiger partial charge in [-0.3, -0.25) is 14.7 Å².